The summed E-state index contributed by atoms with van der Waals surface area (Å²) >= 11 is 12.7. The summed E-state index contributed by atoms with van der Waals surface area (Å²) in [6, 6.07) is 24.1. The molecule has 2 amide bonds. The summed E-state index contributed by atoms with van der Waals surface area (Å²) in [4.78, 5) is 29.3. The van der Waals surface area contributed by atoms with Gasteiger partial charge in [-0.1, -0.05) is 103 Å². The third-order valence-electron chi connectivity index (χ3n) is 6.77. The molecular formula is C30H32Cl2N2O2. The molecule has 1 fully saturated rings. The number of carbonyl (C=O) groups is 2. The second kappa shape index (κ2) is 12.9. The molecule has 1 saturated carbocycles. The maximum absolute atomic E-state index is 13.8. The van der Waals surface area contributed by atoms with E-state index >= 15 is 0 Å². The van der Waals surface area contributed by atoms with Gasteiger partial charge < -0.3 is 10.2 Å². The van der Waals surface area contributed by atoms with Crippen molar-refractivity contribution < 1.29 is 9.59 Å². The molecule has 0 aliphatic heterocycles. The van der Waals surface area contributed by atoms with E-state index in [1.807, 2.05) is 66.7 Å². The van der Waals surface area contributed by atoms with Crippen LogP contribution in [-0.2, 0) is 29.0 Å². The van der Waals surface area contributed by atoms with E-state index < -0.39 is 6.04 Å². The Hall–Kier alpha value is -2.82. The number of nitrogens with zero attached hydrogens (tertiary/aromatic N) is 1. The standard InChI is InChI=1S/C30H32Cl2N2O2/c31-25-14-9-12-23(18-25)20-29(35)34(21-24-13-7-8-17-27(24)32)28(19-22-10-3-1-4-11-22)30(36)33-26-15-5-2-6-16-26/h1,3-4,7-14,17-18,26,28H,2,5-6,15-16,19-21H2,(H,33,36). The lowest BCUT2D eigenvalue weighted by molar-refractivity contribution is -0.141. The number of halogens is 2. The summed E-state index contributed by atoms with van der Waals surface area (Å²) in [5, 5.41) is 4.41. The number of hydrogen-bond donors (Lipinski definition) is 1. The zero-order chi connectivity index (χ0) is 25.3. The average molecular weight is 524 g/mol. The number of hydrogen-bond acceptors (Lipinski definition) is 2. The van der Waals surface area contributed by atoms with Crippen LogP contribution in [0.5, 0.6) is 0 Å². The monoisotopic (exact) mass is 522 g/mol. The molecule has 6 heteroatoms. The minimum Gasteiger partial charge on any atom is -0.352 e. The van der Waals surface area contributed by atoms with Crippen LogP contribution in [0.3, 0.4) is 0 Å². The van der Waals surface area contributed by atoms with Crippen LogP contribution >= 0.6 is 23.2 Å². The van der Waals surface area contributed by atoms with E-state index in [0.29, 0.717) is 16.5 Å². The Bertz CT molecular complexity index is 1160. The SMILES string of the molecule is O=C(NC1CCCCC1)C(Cc1ccccc1)N(Cc1ccccc1Cl)C(=O)Cc1cccc(Cl)c1. The van der Waals surface area contributed by atoms with Gasteiger partial charge in [0.1, 0.15) is 6.04 Å². The second-order valence-corrected chi connectivity index (χ2v) is 10.3. The molecule has 0 heterocycles. The lowest BCUT2D eigenvalue weighted by Crippen LogP contribution is -2.53. The van der Waals surface area contributed by atoms with Crippen molar-refractivity contribution in [1.82, 2.24) is 10.2 Å². The summed E-state index contributed by atoms with van der Waals surface area (Å²) in [6.45, 7) is 0.245. The van der Waals surface area contributed by atoms with Gasteiger partial charge in [-0.25, -0.2) is 0 Å². The predicted octanol–water partition coefficient (Wildman–Crippen LogP) is 6.62. The molecule has 1 atom stereocenters. The zero-order valence-corrected chi connectivity index (χ0v) is 21.8. The van der Waals surface area contributed by atoms with Crippen molar-refractivity contribution in [2.75, 3.05) is 0 Å². The molecule has 4 rings (SSSR count). The van der Waals surface area contributed by atoms with Gasteiger partial charge in [-0.3, -0.25) is 9.59 Å². The van der Waals surface area contributed by atoms with Gasteiger partial charge in [0.2, 0.25) is 11.8 Å². The van der Waals surface area contributed by atoms with Crippen LogP contribution in [0.4, 0.5) is 0 Å². The van der Waals surface area contributed by atoms with Crippen LogP contribution in [0.1, 0.15) is 48.8 Å². The van der Waals surface area contributed by atoms with Crippen LogP contribution in [0.25, 0.3) is 0 Å². The Morgan fingerprint density at radius 2 is 1.56 bits per heavy atom. The van der Waals surface area contributed by atoms with Gasteiger partial charge in [0.25, 0.3) is 0 Å². The van der Waals surface area contributed by atoms with Crippen molar-refractivity contribution >= 4 is 35.0 Å². The highest BCUT2D eigenvalue weighted by Gasteiger charge is 2.32. The fraction of sp³-hybridized carbons (Fsp3) is 0.333. The maximum Gasteiger partial charge on any atom is 0.243 e. The molecule has 0 radical (unpaired) electrons. The number of rotatable bonds is 9. The molecule has 1 aliphatic carbocycles. The Morgan fingerprint density at radius 1 is 0.861 bits per heavy atom. The third kappa shape index (κ3) is 7.35. The minimum atomic E-state index is -0.669. The number of nitrogens with one attached hydrogen (secondary N) is 1. The Kier molecular flexibility index (Phi) is 9.43. The highest BCUT2D eigenvalue weighted by molar-refractivity contribution is 6.31. The summed E-state index contributed by atoms with van der Waals surface area (Å²) in [6.07, 6.45) is 5.96. The topological polar surface area (TPSA) is 49.4 Å². The van der Waals surface area contributed by atoms with Gasteiger partial charge in [0, 0.05) is 29.1 Å². The van der Waals surface area contributed by atoms with Crippen molar-refractivity contribution in [2.24, 2.45) is 0 Å². The highest BCUT2D eigenvalue weighted by Crippen LogP contribution is 2.23. The lowest BCUT2D eigenvalue weighted by Gasteiger charge is -2.33. The first-order valence-electron chi connectivity index (χ1n) is 12.6. The molecule has 1 unspecified atom stereocenters. The summed E-state index contributed by atoms with van der Waals surface area (Å²) in [5.74, 6) is -0.255. The summed E-state index contributed by atoms with van der Waals surface area (Å²) in [7, 11) is 0. The average Bonchev–Trinajstić information content (AvgIpc) is 2.88. The van der Waals surface area contributed by atoms with Crippen molar-refractivity contribution in [3.63, 3.8) is 0 Å². The first-order valence-corrected chi connectivity index (χ1v) is 13.4. The van der Waals surface area contributed by atoms with Crippen molar-refractivity contribution in [1.29, 1.82) is 0 Å². The molecule has 188 valence electrons. The number of carbonyl (C=O) groups excluding carboxylic acids is 2. The summed E-state index contributed by atoms with van der Waals surface area (Å²) < 4.78 is 0. The van der Waals surface area contributed by atoms with E-state index in [1.54, 1.807) is 17.0 Å². The van der Waals surface area contributed by atoms with E-state index in [0.717, 1.165) is 42.4 Å². The van der Waals surface area contributed by atoms with Gasteiger partial charge in [-0.05, 0) is 47.7 Å². The Balaban J connectivity index is 1.66. The smallest absolute Gasteiger partial charge is 0.243 e. The van der Waals surface area contributed by atoms with Crippen molar-refractivity contribution in [2.45, 2.75) is 63.6 Å². The molecule has 0 spiro atoms. The first-order chi connectivity index (χ1) is 17.5. The molecule has 3 aromatic rings. The van der Waals surface area contributed by atoms with Gasteiger partial charge in [-0.2, -0.15) is 0 Å². The van der Waals surface area contributed by atoms with Crippen molar-refractivity contribution in [3.8, 4) is 0 Å². The van der Waals surface area contributed by atoms with E-state index in [9.17, 15) is 9.59 Å². The van der Waals surface area contributed by atoms with Crippen LogP contribution in [0.15, 0.2) is 78.9 Å². The van der Waals surface area contributed by atoms with Crippen LogP contribution in [0, 0.1) is 0 Å². The predicted molar refractivity (Wildman–Crippen MR) is 146 cm³/mol. The molecule has 4 nitrogen and oxygen atoms in total. The molecule has 0 aromatic heterocycles. The molecule has 3 aromatic carbocycles. The molecule has 36 heavy (non-hydrogen) atoms. The van der Waals surface area contributed by atoms with Gasteiger partial charge in [-0.15, -0.1) is 0 Å². The van der Waals surface area contributed by atoms with E-state index in [2.05, 4.69) is 5.32 Å². The highest BCUT2D eigenvalue weighted by atomic mass is 35.5. The van der Waals surface area contributed by atoms with E-state index in [4.69, 9.17) is 23.2 Å². The first kappa shape index (κ1) is 26.2. The molecule has 0 bridgehead atoms. The largest absolute Gasteiger partial charge is 0.352 e. The second-order valence-electron chi connectivity index (χ2n) is 9.47. The number of benzene rings is 3. The van der Waals surface area contributed by atoms with E-state index in [-0.39, 0.29) is 30.8 Å². The van der Waals surface area contributed by atoms with Gasteiger partial charge >= 0.3 is 0 Å². The third-order valence-corrected chi connectivity index (χ3v) is 7.37. The Morgan fingerprint density at radius 3 is 2.28 bits per heavy atom. The van der Waals surface area contributed by atoms with Crippen LogP contribution < -0.4 is 5.32 Å². The fourth-order valence-corrected chi connectivity index (χ4v) is 5.24. The fourth-order valence-electron chi connectivity index (χ4n) is 4.83. The molecule has 1 N–H and O–H groups in total. The quantitative estimate of drug-likeness (QED) is 0.343. The van der Waals surface area contributed by atoms with Crippen LogP contribution in [0.2, 0.25) is 10.0 Å². The summed E-state index contributed by atoms with van der Waals surface area (Å²) in [5.41, 5.74) is 2.62. The van der Waals surface area contributed by atoms with Crippen LogP contribution in [-0.4, -0.2) is 28.8 Å². The van der Waals surface area contributed by atoms with Gasteiger partial charge in [0.15, 0.2) is 0 Å². The van der Waals surface area contributed by atoms with Gasteiger partial charge in [0.05, 0.1) is 6.42 Å². The minimum absolute atomic E-state index is 0.114. The normalized spacial score (nSPS) is 14.7. The molecule has 1 aliphatic rings. The molecule has 0 saturated heterocycles. The lowest BCUT2D eigenvalue weighted by atomic mass is 9.94. The zero-order valence-electron chi connectivity index (χ0n) is 20.3. The molecular weight excluding hydrogens is 491 g/mol. The Labute approximate surface area is 223 Å². The van der Waals surface area contributed by atoms with Crippen molar-refractivity contribution in [3.05, 3.63) is 106 Å². The number of amides is 2. The van der Waals surface area contributed by atoms with E-state index in [1.165, 1.54) is 6.42 Å². The maximum atomic E-state index is 13.8.